The second-order valence-corrected chi connectivity index (χ2v) is 16.7. The summed E-state index contributed by atoms with van der Waals surface area (Å²) < 4.78 is 0. The number of rotatable bonds is 8. The van der Waals surface area contributed by atoms with E-state index in [2.05, 4.69) is 152 Å². The molecule has 10 aromatic carbocycles. The van der Waals surface area contributed by atoms with Gasteiger partial charge < -0.3 is 0 Å². The van der Waals surface area contributed by atoms with E-state index < -0.39 is 0 Å². The fourth-order valence-corrected chi connectivity index (χ4v) is 9.49. The van der Waals surface area contributed by atoms with Crippen molar-refractivity contribution in [3.63, 3.8) is 0 Å². The minimum absolute atomic E-state index is 0.569. The monoisotopic (exact) mass is 838 g/mol. The topological polar surface area (TPSA) is 62.5 Å². The molecule has 0 N–H and O–H groups in total. The maximum Gasteiger partial charge on any atom is 0.164 e. The number of fused-ring (bicyclic) bond motifs is 3. The molecule has 0 radical (unpaired) electrons. The zero-order valence-corrected chi connectivity index (χ0v) is 35.7. The summed E-state index contributed by atoms with van der Waals surface area (Å²) in [7, 11) is 0. The molecule has 0 fully saturated rings. The quantitative estimate of drug-likeness (QED) is 0.153. The number of nitriles is 1. The minimum atomic E-state index is 0.569. The molecule has 0 amide bonds. The van der Waals surface area contributed by atoms with E-state index in [4.69, 9.17) is 15.0 Å². The summed E-state index contributed by atoms with van der Waals surface area (Å²) in [6, 6.07) is 82.9. The van der Waals surface area contributed by atoms with Gasteiger partial charge in [-0.15, -0.1) is 0 Å². The Morgan fingerprint density at radius 3 is 1.29 bits per heavy atom. The van der Waals surface area contributed by atoms with Gasteiger partial charge in [0.25, 0.3) is 0 Å². The second kappa shape index (κ2) is 16.3. The van der Waals surface area contributed by atoms with E-state index in [0.29, 0.717) is 23.0 Å². The van der Waals surface area contributed by atoms with Gasteiger partial charge in [-0.1, -0.05) is 188 Å². The third kappa shape index (κ3) is 7.02. The van der Waals surface area contributed by atoms with Crippen molar-refractivity contribution >= 4 is 10.8 Å². The molecule has 1 aliphatic carbocycles. The highest BCUT2D eigenvalue weighted by molar-refractivity contribution is 6.19. The molecule has 0 unspecified atom stereocenters. The Kier molecular flexibility index (Phi) is 9.51. The number of aromatic nitrogens is 3. The van der Waals surface area contributed by atoms with Crippen molar-refractivity contribution in [1.82, 2.24) is 15.0 Å². The van der Waals surface area contributed by atoms with Gasteiger partial charge in [-0.3, -0.25) is 0 Å². The predicted octanol–water partition coefficient (Wildman–Crippen LogP) is 15.9. The molecule has 0 atom stereocenters. The molecular weight excluding hydrogens is 801 g/mol. The summed E-state index contributed by atoms with van der Waals surface area (Å²) in [5.41, 5.74) is 19.2. The van der Waals surface area contributed by atoms with Crippen molar-refractivity contribution < 1.29 is 0 Å². The first-order chi connectivity index (χ1) is 32.6. The maximum absolute atomic E-state index is 10.4. The van der Waals surface area contributed by atoms with Crippen LogP contribution in [0.25, 0.3) is 123 Å². The van der Waals surface area contributed by atoms with Crippen LogP contribution < -0.4 is 0 Å². The Morgan fingerprint density at radius 1 is 0.273 bits per heavy atom. The summed E-state index contributed by atoms with van der Waals surface area (Å²) in [6.45, 7) is 0. The van der Waals surface area contributed by atoms with Gasteiger partial charge >= 0.3 is 0 Å². The summed E-state index contributed by atoms with van der Waals surface area (Å²) >= 11 is 0. The molecule has 0 saturated carbocycles. The van der Waals surface area contributed by atoms with Crippen LogP contribution in [0.4, 0.5) is 0 Å². The van der Waals surface area contributed by atoms with Crippen LogP contribution >= 0.6 is 0 Å². The second-order valence-electron chi connectivity index (χ2n) is 16.7. The molecule has 12 rings (SSSR count). The summed E-state index contributed by atoms with van der Waals surface area (Å²) in [5, 5.41) is 12.9. The van der Waals surface area contributed by atoms with Gasteiger partial charge in [0.1, 0.15) is 0 Å². The average Bonchev–Trinajstić information content (AvgIpc) is 3.74. The van der Waals surface area contributed by atoms with Crippen molar-refractivity contribution in [3.05, 3.63) is 236 Å². The lowest BCUT2D eigenvalue weighted by molar-refractivity contribution is 1.07. The van der Waals surface area contributed by atoms with Crippen molar-refractivity contribution in [3.8, 4) is 118 Å². The Balaban J connectivity index is 0.905. The van der Waals surface area contributed by atoms with Gasteiger partial charge in [-0.05, 0) is 131 Å². The molecule has 66 heavy (non-hydrogen) atoms. The van der Waals surface area contributed by atoms with Gasteiger partial charge in [0.05, 0.1) is 11.6 Å². The van der Waals surface area contributed by atoms with Gasteiger partial charge in [-0.25, -0.2) is 15.0 Å². The van der Waals surface area contributed by atoms with Crippen LogP contribution in [0.2, 0.25) is 0 Å². The lowest BCUT2D eigenvalue weighted by Gasteiger charge is -2.13. The van der Waals surface area contributed by atoms with E-state index in [1.807, 2.05) is 84.9 Å². The van der Waals surface area contributed by atoms with Crippen molar-refractivity contribution in [2.45, 2.75) is 0 Å². The Morgan fingerprint density at radius 2 is 0.682 bits per heavy atom. The fraction of sp³-hybridized carbons (Fsp3) is 0. The van der Waals surface area contributed by atoms with E-state index in [9.17, 15) is 5.26 Å². The highest BCUT2D eigenvalue weighted by Gasteiger charge is 2.24. The number of hydrogen-bond acceptors (Lipinski definition) is 4. The average molecular weight is 839 g/mol. The highest BCUT2D eigenvalue weighted by atomic mass is 15.0. The lowest BCUT2D eigenvalue weighted by atomic mass is 9.90. The Hall–Kier alpha value is -9.04. The first-order valence-electron chi connectivity index (χ1n) is 22.1. The predicted molar refractivity (Wildman–Crippen MR) is 270 cm³/mol. The van der Waals surface area contributed by atoms with Crippen molar-refractivity contribution in [2.75, 3.05) is 0 Å². The van der Waals surface area contributed by atoms with E-state index >= 15 is 0 Å². The van der Waals surface area contributed by atoms with Crippen LogP contribution in [-0.2, 0) is 0 Å². The van der Waals surface area contributed by atoms with Gasteiger partial charge in [0, 0.05) is 16.7 Å². The molecule has 306 valence electrons. The fourth-order valence-electron chi connectivity index (χ4n) is 9.49. The summed E-state index contributed by atoms with van der Waals surface area (Å²) in [4.78, 5) is 15.1. The van der Waals surface area contributed by atoms with E-state index in [1.165, 1.54) is 44.2 Å². The number of benzene rings is 10. The first kappa shape index (κ1) is 38.6. The highest BCUT2D eigenvalue weighted by Crippen LogP contribution is 2.51. The summed E-state index contributed by atoms with van der Waals surface area (Å²) in [5.74, 6) is 1.76. The molecular formula is C62H38N4. The summed E-state index contributed by atoms with van der Waals surface area (Å²) in [6.07, 6.45) is 0. The Labute approximate surface area is 383 Å². The van der Waals surface area contributed by atoms with Crippen LogP contribution in [-0.4, -0.2) is 15.0 Å². The number of hydrogen-bond donors (Lipinski definition) is 0. The van der Waals surface area contributed by atoms with E-state index in [0.717, 1.165) is 61.2 Å². The zero-order chi connectivity index (χ0) is 44.0. The minimum Gasteiger partial charge on any atom is -0.208 e. The zero-order valence-electron chi connectivity index (χ0n) is 35.7. The normalized spacial score (nSPS) is 11.3. The molecule has 0 saturated heterocycles. The van der Waals surface area contributed by atoms with Crippen LogP contribution in [0, 0.1) is 11.3 Å². The third-order valence-corrected chi connectivity index (χ3v) is 12.6. The molecule has 11 aromatic rings. The van der Waals surface area contributed by atoms with Gasteiger partial charge in [-0.2, -0.15) is 5.26 Å². The molecule has 0 spiro atoms. The standard InChI is InChI=1S/C62H38N4/c63-39-40-32-52(47-22-9-20-45(34-47)46-21-10-24-49(35-46)54-31-30-42-18-13-29-56-55-27-7-8-28-57(55)59(54)58(42)56)38-53(33-40)48-23-12-26-51(37-48)62-65-60(43-16-5-2-6-17-43)64-61(66-62)50-25-11-19-44(36-50)41-14-3-1-4-15-41/h1-38H. The van der Waals surface area contributed by atoms with Crippen LogP contribution in [0.5, 0.6) is 0 Å². The smallest absolute Gasteiger partial charge is 0.164 e. The molecule has 4 nitrogen and oxygen atoms in total. The van der Waals surface area contributed by atoms with E-state index in [-0.39, 0.29) is 0 Å². The van der Waals surface area contributed by atoms with Crippen molar-refractivity contribution in [2.24, 2.45) is 0 Å². The molecule has 0 bridgehead atoms. The number of nitrogens with zero attached hydrogens (tertiary/aromatic N) is 4. The molecule has 0 aliphatic heterocycles. The van der Waals surface area contributed by atoms with Crippen LogP contribution in [0.15, 0.2) is 231 Å². The largest absolute Gasteiger partial charge is 0.208 e. The molecule has 1 heterocycles. The Bertz CT molecular complexity index is 3720. The molecule has 1 aliphatic rings. The van der Waals surface area contributed by atoms with Gasteiger partial charge in [0.2, 0.25) is 0 Å². The lowest BCUT2D eigenvalue weighted by Crippen LogP contribution is -2.00. The maximum atomic E-state index is 10.4. The van der Waals surface area contributed by atoms with E-state index in [1.54, 1.807) is 0 Å². The van der Waals surface area contributed by atoms with Crippen molar-refractivity contribution in [1.29, 1.82) is 5.26 Å². The molecule has 4 heteroatoms. The van der Waals surface area contributed by atoms with Crippen LogP contribution in [0.3, 0.4) is 0 Å². The first-order valence-corrected chi connectivity index (χ1v) is 22.1. The SMILES string of the molecule is N#Cc1cc(-c2cccc(-c3cccc(-c4ccc5cccc6c5c4-c4ccccc4-6)c3)c2)cc(-c2cccc(-c3nc(-c4ccccc4)nc(-c4cccc(-c5ccccc5)c4)n3)c2)c1. The third-order valence-electron chi connectivity index (χ3n) is 12.6. The molecule has 1 aromatic heterocycles. The van der Waals surface area contributed by atoms with Gasteiger partial charge in [0.15, 0.2) is 17.5 Å². The van der Waals surface area contributed by atoms with Crippen LogP contribution in [0.1, 0.15) is 5.56 Å².